The number of hydrogen-bond acceptors (Lipinski definition) is 2. The molecule has 0 saturated heterocycles. The second kappa shape index (κ2) is 50.8. The first-order chi connectivity index (χ1) is 31.9. The maximum Gasteiger partial charge on any atom is 0.109 e. The Labute approximate surface area is 424 Å². The highest BCUT2D eigenvalue weighted by Crippen LogP contribution is 2.28. The fraction of sp³-hybridized carbons (Fsp3) is 0.952. The van der Waals surface area contributed by atoms with Crippen molar-refractivity contribution < 1.29 is 0 Å². The Morgan fingerprint density at radius 1 is 0.409 bits per heavy atom. The number of aryl methyl sites for hydroxylation is 1. The number of hydrogen-bond donors (Lipinski definition) is 0. The Balaban J connectivity index is 0.0000422. The van der Waals surface area contributed by atoms with E-state index in [4.69, 9.17) is 4.98 Å². The number of rotatable bonds is 53. The second-order valence-corrected chi connectivity index (χ2v) is 22.6. The van der Waals surface area contributed by atoms with E-state index in [-0.39, 0.29) is 12.4 Å². The highest BCUT2D eigenvalue weighted by atomic mass is 35.5. The van der Waals surface area contributed by atoms with Gasteiger partial charge in [0.15, 0.2) is 0 Å². The van der Waals surface area contributed by atoms with Gasteiger partial charge in [0.25, 0.3) is 0 Å². The Morgan fingerprint density at radius 2 is 0.788 bits per heavy atom. The van der Waals surface area contributed by atoms with Crippen molar-refractivity contribution in [2.75, 3.05) is 13.1 Å². The van der Waals surface area contributed by atoms with Gasteiger partial charge in [0.1, 0.15) is 5.82 Å². The van der Waals surface area contributed by atoms with E-state index in [9.17, 15) is 0 Å². The van der Waals surface area contributed by atoms with Gasteiger partial charge in [-0.15, -0.1) is 12.4 Å². The zero-order valence-corrected chi connectivity index (χ0v) is 47.5. The molecular weight excluding hydrogens is 822 g/mol. The standard InChI is InChI=1S/C62H123N3.ClH/c1-8-11-14-16-18-20-22-24-26-28-30-32-34-36-38-40-47-60(48-41-39-37-35-33-31-29-27-25-23-21-19-17-15-12-9-2)49-42-43-50-61(52-51-59(6)46-44-45-58(4)5)65(55-13-10-3)56-53-62-63-54-57-64(62)7;/h54,57-61H,8-53,55-56H2,1-7H3;1H. The van der Waals surface area contributed by atoms with Gasteiger partial charge in [0.05, 0.1) is 0 Å². The molecule has 4 heteroatoms. The number of aromatic nitrogens is 2. The third-order valence-electron chi connectivity index (χ3n) is 15.7. The largest absolute Gasteiger partial charge is 0.338 e. The molecule has 0 aliphatic heterocycles. The summed E-state index contributed by atoms with van der Waals surface area (Å²) in [5.74, 6) is 3.90. The van der Waals surface area contributed by atoms with Gasteiger partial charge >= 0.3 is 0 Å². The molecule has 0 aliphatic rings. The predicted octanol–water partition coefficient (Wildman–Crippen LogP) is 21.6. The molecular formula is C62H124ClN3. The molecule has 1 aromatic rings. The third kappa shape index (κ3) is 42.3. The minimum absolute atomic E-state index is 0. The van der Waals surface area contributed by atoms with Crippen LogP contribution >= 0.6 is 12.4 Å². The maximum absolute atomic E-state index is 4.72. The molecule has 0 spiro atoms. The SMILES string of the molecule is CCCCCCCCCCCCCCCCCCC(CCCCCCCCCCCCCCCCCC)CCCCC(CCC(C)CCCC(C)C)N(CCCC)CCc1nccn1C.Cl. The molecule has 0 aromatic carbocycles. The predicted molar refractivity (Wildman–Crippen MR) is 302 cm³/mol. The Bertz CT molecular complexity index is 1020. The normalized spacial score (nSPS) is 12.8. The third-order valence-corrected chi connectivity index (χ3v) is 15.7. The average Bonchev–Trinajstić information content (AvgIpc) is 3.72. The van der Waals surface area contributed by atoms with Crippen molar-refractivity contribution in [3.63, 3.8) is 0 Å². The molecule has 394 valence electrons. The van der Waals surface area contributed by atoms with Crippen LogP contribution in [0.5, 0.6) is 0 Å². The minimum Gasteiger partial charge on any atom is -0.338 e. The Morgan fingerprint density at radius 3 is 1.17 bits per heavy atom. The van der Waals surface area contributed by atoms with Crippen molar-refractivity contribution >= 4 is 12.4 Å². The fourth-order valence-corrected chi connectivity index (χ4v) is 10.9. The second-order valence-electron chi connectivity index (χ2n) is 22.6. The summed E-state index contributed by atoms with van der Waals surface area (Å²) in [6.45, 7) is 16.8. The zero-order chi connectivity index (χ0) is 47.1. The summed E-state index contributed by atoms with van der Waals surface area (Å²) < 4.78 is 2.24. The molecule has 0 bridgehead atoms. The van der Waals surface area contributed by atoms with Crippen LogP contribution in [0.2, 0.25) is 0 Å². The first kappa shape index (κ1) is 65.5. The molecule has 0 saturated carbocycles. The molecule has 0 fully saturated rings. The molecule has 2 unspecified atom stereocenters. The van der Waals surface area contributed by atoms with Crippen LogP contribution in [0.4, 0.5) is 0 Å². The van der Waals surface area contributed by atoms with Crippen molar-refractivity contribution in [3.05, 3.63) is 18.2 Å². The summed E-state index contributed by atoms with van der Waals surface area (Å²) in [5.41, 5.74) is 0. The summed E-state index contributed by atoms with van der Waals surface area (Å²) in [5, 5.41) is 0. The van der Waals surface area contributed by atoms with Crippen LogP contribution in [0.1, 0.15) is 336 Å². The van der Waals surface area contributed by atoms with Crippen LogP contribution in [0.25, 0.3) is 0 Å². The van der Waals surface area contributed by atoms with Gasteiger partial charge in [-0.25, -0.2) is 4.98 Å². The van der Waals surface area contributed by atoms with E-state index >= 15 is 0 Å². The van der Waals surface area contributed by atoms with E-state index in [2.05, 4.69) is 64.3 Å². The van der Waals surface area contributed by atoms with Crippen LogP contribution in [-0.2, 0) is 13.5 Å². The molecule has 66 heavy (non-hydrogen) atoms. The van der Waals surface area contributed by atoms with E-state index in [1.54, 1.807) is 0 Å². The van der Waals surface area contributed by atoms with Crippen molar-refractivity contribution in [1.82, 2.24) is 14.5 Å². The lowest BCUT2D eigenvalue weighted by atomic mass is 9.88. The van der Waals surface area contributed by atoms with E-state index in [0.29, 0.717) is 0 Å². The molecule has 1 aromatic heterocycles. The van der Waals surface area contributed by atoms with E-state index in [1.807, 2.05) is 6.20 Å². The van der Waals surface area contributed by atoms with E-state index in [0.717, 1.165) is 30.2 Å². The Hall–Kier alpha value is -0.540. The summed E-state index contributed by atoms with van der Waals surface area (Å²) in [4.78, 5) is 7.64. The van der Waals surface area contributed by atoms with Gasteiger partial charge < -0.3 is 4.57 Å². The average molecular weight is 947 g/mol. The molecule has 1 heterocycles. The van der Waals surface area contributed by atoms with E-state index < -0.39 is 0 Å². The first-order valence-corrected chi connectivity index (χ1v) is 30.6. The van der Waals surface area contributed by atoms with Crippen molar-refractivity contribution in [2.45, 2.75) is 343 Å². The van der Waals surface area contributed by atoms with Crippen LogP contribution in [-0.4, -0.2) is 33.6 Å². The van der Waals surface area contributed by atoms with Gasteiger partial charge in [-0.2, -0.15) is 0 Å². The lowest BCUT2D eigenvalue weighted by Gasteiger charge is -2.33. The quantitative estimate of drug-likeness (QED) is 0.0607. The van der Waals surface area contributed by atoms with Gasteiger partial charge in [0, 0.05) is 38.4 Å². The molecule has 0 radical (unpaired) electrons. The fourth-order valence-electron chi connectivity index (χ4n) is 10.9. The minimum atomic E-state index is 0. The summed E-state index contributed by atoms with van der Waals surface area (Å²) >= 11 is 0. The molecule has 0 aliphatic carbocycles. The van der Waals surface area contributed by atoms with Crippen LogP contribution < -0.4 is 0 Å². The summed E-state index contributed by atoms with van der Waals surface area (Å²) in [6, 6.07) is 0.730. The first-order valence-electron chi connectivity index (χ1n) is 30.6. The van der Waals surface area contributed by atoms with Crippen LogP contribution in [0.15, 0.2) is 12.4 Å². The highest BCUT2D eigenvalue weighted by Gasteiger charge is 2.20. The number of unbranched alkanes of at least 4 members (excludes halogenated alkanes) is 32. The topological polar surface area (TPSA) is 21.1 Å². The number of nitrogens with zero attached hydrogens (tertiary/aromatic N) is 3. The lowest BCUT2D eigenvalue weighted by molar-refractivity contribution is 0.162. The maximum atomic E-state index is 4.72. The van der Waals surface area contributed by atoms with Crippen LogP contribution in [0.3, 0.4) is 0 Å². The van der Waals surface area contributed by atoms with Crippen molar-refractivity contribution in [1.29, 1.82) is 0 Å². The smallest absolute Gasteiger partial charge is 0.109 e. The summed E-state index contributed by atoms with van der Waals surface area (Å²) in [7, 11) is 2.17. The molecule has 1 rings (SSSR count). The van der Waals surface area contributed by atoms with Gasteiger partial charge in [0.2, 0.25) is 0 Å². The van der Waals surface area contributed by atoms with Crippen molar-refractivity contribution in [2.24, 2.45) is 24.8 Å². The van der Waals surface area contributed by atoms with E-state index in [1.165, 1.54) is 308 Å². The molecule has 0 amide bonds. The van der Waals surface area contributed by atoms with Gasteiger partial charge in [-0.3, -0.25) is 4.90 Å². The summed E-state index contributed by atoms with van der Waals surface area (Å²) in [6.07, 6.45) is 70.5. The lowest BCUT2D eigenvalue weighted by Crippen LogP contribution is -2.38. The molecule has 0 N–H and O–H groups in total. The number of imidazole rings is 1. The monoisotopic (exact) mass is 946 g/mol. The number of halogens is 1. The van der Waals surface area contributed by atoms with Crippen molar-refractivity contribution in [3.8, 4) is 0 Å². The Kier molecular flexibility index (Phi) is 50.4. The molecule has 3 nitrogen and oxygen atoms in total. The molecule has 2 atom stereocenters. The zero-order valence-electron chi connectivity index (χ0n) is 46.7. The van der Waals surface area contributed by atoms with Gasteiger partial charge in [-0.1, -0.05) is 305 Å². The van der Waals surface area contributed by atoms with Crippen LogP contribution in [0, 0.1) is 17.8 Å². The highest BCUT2D eigenvalue weighted by molar-refractivity contribution is 5.85. The van der Waals surface area contributed by atoms with Gasteiger partial charge in [-0.05, 0) is 50.0 Å².